The van der Waals surface area contributed by atoms with Crippen LogP contribution in [0.25, 0.3) is 5.69 Å². The highest BCUT2D eigenvalue weighted by Crippen LogP contribution is 2.25. The first-order chi connectivity index (χ1) is 17.7. The third-order valence-corrected chi connectivity index (χ3v) is 5.43. The Morgan fingerprint density at radius 3 is 2.41 bits per heavy atom. The van der Waals surface area contributed by atoms with E-state index in [1.54, 1.807) is 12.1 Å². The summed E-state index contributed by atoms with van der Waals surface area (Å²) in [5.74, 6) is 0.0515. The topological polar surface area (TPSA) is 155 Å². The number of amides is 1. The number of carbonyl (C=O) groups excluding carboxylic acids is 1. The van der Waals surface area contributed by atoms with Gasteiger partial charge in [0.25, 0.3) is 17.3 Å². The fraction of sp³-hybridized carbons (Fsp3) is 0.0800. The van der Waals surface area contributed by atoms with E-state index in [-0.39, 0.29) is 22.8 Å². The number of benzene rings is 2. The Hall–Kier alpha value is -5.39. The lowest BCUT2D eigenvalue weighted by molar-refractivity contribution is -0.385. The van der Waals surface area contributed by atoms with Gasteiger partial charge >= 0.3 is 0 Å². The first kappa shape index (κ1) is 24.7. The van der Waals surface area contributed by atoms with Crippen LogP contribution in [-0.2, 0) is 0 Å². The van der Waals surface area contributed by atoms with Crippen LogP contribution in [0.1, 0.15) is 27.3 Å². The first-order valence-corrected chi connectivity index (χ1v) is 10.9. The molecule has 4 rings (SSSR count). The third-order valence-electron chi connectivity index (χ3n) is 5.43. The van der Waals surface area contributed by atoms with Gasteiger partial charge in [-0.15, -0.1) is 0 Å². The highest BCUT2D eigenvalue weighted by molar-refractivity contribution is 5.98. The van der Waals surface area contributed by atoms with Crippen molar-refractivity contribution in [2.75, 3.05) is 0 Å². The molecular formula is C25H20N6O6. The Labute approximate surface area is 210 Å². The van der Waals surface area contributed by atoms with Crippen LogP contribution >= 0.6 is 0 Å². The monoisotopic (exact) mass is 500 g/mol. The number of nitro benzene ring substituents is 1. The molecule has 2 aromatic heterocycles. The Balaban J connectivity index is 1.47. The minimum absolute atomic E-state index is 0.0821. The number of aryl methyl sites for hydroxylation is 1. The van der Waals surface area contributed by atoms with Crippen LogP contribution in [0.4, 0.5) is 11.4 Å². The van der Waals surface area contributed by atoms with Gasteiger partial charge < -0.3 is 9.30 Å². The van der Waals surface area contributed by atoms with E-state index < -0.39 is 15.8 Å². The summed E-state index contributed by atoms with van der Waals surface area (Å²) in [6.45, 7) is 3.81. The minimum Gasteiger partial charge on any atom is -0.439 e. The third kappa shape index (κ3) is 5.48. The van der Waals surface area contributed by atoms with Gasteiger partial charge in [0.1, 0.15) is 17.5 Å². The van der Waals surface area contributed by atoms with Crippen LogP contribution in [0.15, 0.2) is 78.0 Å². The van der Waals surface area contributed by atoms with Gasteiger partial charge in [-0.25, -0.2) is 10.4 Å². The first-order valence-electron chi connectivity index (χ1n) is 10.9. The molecular weight excluding hydrogens is 480 g/mol. The van der Waals surface area contributed by atoms with Crippen LogP contribution in [0.5, 0.6) is 11.6 Å². The maximum Gasteiger partial charge on any atom is 0.287 e. The van der Waals surface area contributed by atoms with Crippen LogP contribution in [0.2, 0.25) is 0 Å². The van der Waals surface area contributed by atoms with Crippen molar-refractivity contribution in [3.05, 3.63) is 116 Å². The Kier molecular flexibility index (Phi) is 7.00. The number of aromatic nitrogens is 2. The van der Waals surface area contributed by atoms with Crippen molar-refractivity contribution in [3.63, 3.8) is 0 Å². The number of rotatable bonds is 8. The lowest BCUT2D eigenvalue weighted by atomic mass is 10.2. The number of pyridine rings is 1. The van der Waals surface area contributed by atoms with Crippen molar-refractivity contribution in [1.29, 1.82) is 0 Å². The maximum absolute atomic E-state index is 12.4. The van der Waals surface area contributed by atoms with Crippen LogP contribution in [0, 0.1) is 34.1 Å². The molecule has 0 unspecified atom stereocenters. The Morgan fingerprint density at radius 2 is 1.76 bits per heavy atom. The number of nitrogens with one attached hydrogen (secondary N) is 1. The molecule has 0 radical (unpaired) electrons. The van der Waals surface area contributed by atoms with E-state index in [1.165, 1.54) is 42.6 Å². The molecule has 0 aliphatic carbocycles. The number of hydrazone groups is 1. The van der Waals surface area contributed by atoms with Crippen molar-refractivity contribution >= 4 is 23.5 Å². The second-order valence-corrected chi connectivity index (χ2v) is 7.84. The van der Waals surface area contributed by atoms with Gasteiger partial charge in [-0.1, -0.05) is 12.1 Å². The van der Waals surface area contributed by atoms with Gasteiger partial charge in [0.15, 0.2) is 0 Å². The summed E-state index contributed by atoms with van der Waals surface area (Å²) in [6, 6.07) is 17.5. The average Bonchev–Trinajstić information content (AvgIpc) is 3.17. The fourth-order valence-electron chi connectivity index (χ4n) is 3.69. The van der Waals surface area contributed by atoms with Gasteiger partial charge in [0.05, 0.1) is 16.1 Å². The quantitative estimate of drug-likeness (QED) is 0.206. The number of hydrogen-bond donors (Lipinski definition) is 1. The van der Waals surface area contributed by atoms with Gasteiger partial charge in [-0.05, 0) is 50.2 Å². The second-order valence-electron chi connectivity index (χ2n) is 7.84. The Morgan fingerprint density at radius 1 is 1.03 bits per heavy atom. The molecule has 0 aliphatic heterocycles. The summed E-state index contributed by atoms with van der Waals surface area (Å²) < 4.78 is 7.64. The van der Waals surface area contributed by atoms with E-state index in [4.69, 9.17) is 4.74 Å². The zero-order chi connectivity index (χ0) is 26.5. The van der Waals surface area contributed by atoms with Crippen molar-refractivity contribution in [2.24, 2.45) is 5.10 Å². The standard InChI is InChI=1S/C25H20N6O6/c1-16-13-18(14-27-28-25(32)22-5-3-4-6-23(22)31(35)36)17(2)29(16)19-7-10-21(11-8-19)37-24-12-9-20(15-26-24)30(33)34/h3-15H,1-2H3,(H,28,32)/b27-14-. The SMILES string of the molecule is Cc1cc(/C=N\NC(=O)c2ccccc2[N+](=O)[O-])c(C)n1-c1ccc(Oc2ccc([N+](=O)[O-])cn2)cc1. The average molecular weight is 500 g/mol. The summed E-state index contributed by atoms with van der Waals surface area (Å²) in [5.41, 5.74) is 5.19. The predicted molar refractivity (Wildman–Crippen MR) is 134 cm³/mol. The molecule has 0 aliphatic rings. The van der Waals surface area contributed by atoms with E-state index in [1.807, 2.05) is 36.6 Å². The lowest BCUT2D eigenvalue weighted by Gasteiger charge is -2.11. The summed E-state index contributed by atoms with van der Waals surface area (Å²) in [4.78, 5) is 37.0. The van der Waals surface area contributed by atoms with Crippen LogP contribution in [0.3, 0.4) is 0 Å². The van der Waals surface area contributed by atoms with Crippen LogP contribution < -0.4 is 10.2 Å². The van der Waals surface area contributed by atoms with Crippen molar-refractivity contribution in [2.45, 2.75) is 13.8 Å². The van der Waals surface area contributed by atoms with Crippen LogP contribution in [-0.4, -0.2) is 31.5 Å². The van der Waals surface area contributed by atoms with Crippen molar-refractivity contribution in [1.82, 2.24) is 15.0 Å². The highest BCUT2D eigenvalue weighted by Gasteiger charge is 2.18. The molecule has 186 valence electrons. The van der Waals surface area contributed by atoms with E-state index in [0.717, 1.165) is 28.8 Å². The molecule has 0 spiro atoms. The molecule has 0 saturated heterocycles. The molecule has 37 heavy (non-hydrogen) atoms. The number of nitro groups is 2. The summed E-state index contributed by atoms with van der Waals surface area (Å²) >= 11 is 0. The number of carbonyl (C=O) groups is 1. The van der Waals surface area contributed by atoms with Gasteiger partial charge in [0, 0.05) is 40.8 Å². The summed E-state index contributed by atoms with van der Waals surface area (Å²) in [6.07, 6.45) is 2.60. The van der Waals surface area contributed by atoms with E-state index in [9.17, 15) is 25.0 Å². The van der Waals surface area contributed by atoms with Gasteiger partial charge in [-0.2, -0.15) is 5.10 Å². The smallest absolute Gasteiger partial charge is 0.287 e. The number of nitrogens with zero attached hydrogens (tertiary/aromatic N) is 5. The number of para-hydroxylation sites is 1. The molecule has 4 aromatic rings. The van der Waals surface area contributed by atoms with Gasteiger partial charge in [-0.3, -0.25) is 25.0 Å². The van der Waals surface area contributed by atoms with E-state index in [2.05, 4.69) is 15.5 Å². The normalized spacial score (nSPS) is 10.9. The summed E-state index contributed by atoms with van der Waals surface area (Å²) in [7, 11) is 0. The number of hydrogen-bond acceptors (Lipinski definition) is 8. The second kappa shape index (κ2) is 10.5. The Bertz CT molecular complexity index is 1510. The van der Waals surface area contributed by atoms with Gasteiger partial charge in [0.2, 0.25) is 5.88 Å². The largest absolute Gasteiger partial charge is 0.439 e. The molecule has 0 saturated carbocycles. The molecule has 0 bridgehead atoms. The summed E-state index contributed by atoms with van der Waals surface area (Å²) in [5, 5.41) is 25.9. The van der Waals surface area contributed by atoms with Crippen molar-refractivity contribution in [3.8, 4) is 17.3 Å². The number of ether oxygens (including phenoxy) is 1. The maximum atomic E-state index is 12.4. The lowest BCUT2D eigenvalue weighted by Crippen LogP contribution is -2.19. The molecule has 12 heteroatoms. The molecule has 1 N–H and O–H groups in total. The molecule has 2 heterocycles. The highest BCUT2D eigenvalue weighted by atomic mass is 16.6. The predicted octanol–water partition coefficient (Wildman–Crippen LogP) is 4.86. The molecule has 2 aromatic carbocycles. The van der Waals surface area contributed by atoms with E-state index in [0.29, 0.717) is 5.75 Å². The molecule has 0 atom stereocenters. The molecule has 0 fully saturated rings. The fourth-order valence-corrected chi connectivity index (χ4v) is 3.69. The molecule has 12 nitrogen and oxygen atoms in total. The van der Waals surface area contributed by atoms with Crippen molar-refractivity contribution < 1.29 is 19.4 Å². The van der Waals surface area contributed by atoms with E-state index >= 15 is 0 Å². The minimum atomic E-state index is -0.685. The zero-order valence-electron chi connectivity index (χ0n) is 19.7. The zero-order valence-corrected chi connectivity index (χ0v) is 19.7. The molecule has 1 amide bonds.